The number of ketones is 1. The average Bonchev–Trinajstić information content (AvgIpc) is 2.08. The van der Waals surface area contributed by atoms with Crippen molar-refractivity contribution < 1.29 is 9.59 Å². The van der Waals surface area contributed by atoms with Gasteiger partial charge in [0, 0.05) is 25.1 Å². The first kappa shape index (κ1) is 11.8. The molecule has 2 N–H and O–H groups in total. The first-order valence-corrected chi connectivity index (χ1v) is 5.28. The molecule has 4 heteroatoms. The summed E-state index contributed by atoms with van der Waals surface area (Å²) in [5, 5.41) is 5.72. The first-order chi connectivity index (χ1) is 6.99. The molecular formula is C11H18N2O2. The standard InChI is InChI=1S/C11H18N2O2/c1-7(2)4-9(14)5-10-11(15)13-8(3)6-12-10/h5,7-8,12H,4,6H2,1-3H3,(H,13,15)/b10-5+/t8-/m0/s1. The van der Waals surface area contributed by atoms with Crippen LogP contribution in [0.1, 0.15) is 27.2 Å². The van der Waals surface area contributed by atoms with Crippen molar-refractivity contribution in [3.63, 3.8) is 0 Å². The van der Waals surface area contributed by atoms with E-state index in [0.29, 0.717) is 24.6 Å². The molecule has 0 aromatic rings. The quantitative estimate of drug-likeness (QED) is 0.670. The molecule has 1 amide bonds. The first-order valence-electron chi connectivity index (χ1n) is 5.28. The number of carbonyl (C=O) groups is 2. The van der Waals surface area contributed by atoms with Crippen LogP contribution in [-0.4, -0.2) is 24.3 Å². The van der Waals surface area contributed by atoms with Crippen LogP contribution in [0.4, 0.5) is 0 Å². The molecule has 0 aromatic heterocycles. The largest absolute Gasteiger partial charge is 0.378 e. The fourth-order valence-corrected chi connectivity index (χ4v) is 1.43. The summed E-state index contributed by atoms with van der Waals surface area (Å²) in [5.41, 5.74) is 0.388. The molecule has 15 heavy (non-hydrogen) atoms. The van der Waals surface area contributed by atoms with Crippen molar-refractivity contribution >= 4 is 11.7 Å². The highest BCUT2D eigenvalue weighted by Crippen LogP contribution is 2.04. The number of amides is 1. The van der Waals surface area contributed by atoms with E-state index < -0.39 is 0 Å². The molecule has 1 heterocycles. The summed E-state index contributed by atoms with van der Waals surface area (Å²) in [6, 6.07) is 0.120. The second kappa shape index (κ2) is 4.96. The zero-order chi connectivity index (χ0) is 11.4. The smallest absolute Gasteiger partial charge is 0.267 e. The molecule has 0 saturated carbocycles. The fraction of sp³-hybridized carbons (Fsp3) is 0.636. The lowest BCUT2D eigenvalue weighted by atomic mass is 10.1. The van der Waals surface area contributed by atoms with Gasteiger partial charge in [0.1, 0.15) is 5.70 Å². The second-order valence-corrected chi connectivity index (χ2v) is 4.38. The van der Waals surface area contributed by atoms with Crippen molar-refractivity contribution in [2.24, 2.45) is 5.92 Å². The van der Waals surface area contributed by atoms with Gasteiger partial charge in [0.25, 0.3) is 5.91 Å². The third kappa shape index (κ3) is 3.73. The molecule has 1 saturated heterocycles. The van der Waals surface area contributed by atoms with Crippen molar-refractivity contribution in [1.82, 2.24) is 10.6 Å². The fourth-order valence-electron chi connectivity index (χ4n) is 1.43. The number of nitrogens with one attached hydrogen (secondary N) is 2. The van der Waals surface area contributed by atoms with Crippen LogP contribution in [-0.2, 0) is 9.59 Å². The van der Waals surface area contributed by atoms with E-state index in [0.717, 1.165) is 0 Å². The van der Waals surface area contributed by atoms with E-state index in [9.17, 15) is 9.59 Å². The van der Waals surface area contributed by atoms with Gasteiger partial charge in [-0.05, 0) is 12.8 Å². The van der Waals surface area contributed by atoms with E-state index in [1.165, 1.54) is 6.08 Å². The summed E-state index contributed by atoms with van der Waals surface area (Å²) in [4.78, 5) is 22.9. The molecule has 0 radical (unpaired) electrons. The van der Waals surface area contributed by atoms with E-state index in [1.54, 1.807) is 0 Å². The lowest BCUT2D eigenvalue weighted by molar-refractivity contribution is -0.120. The van der Waals surface area contributed by atoms with Gasteiger partial charge in [0.15, 0.2) is 5.78 Å². The Hall–Kier alpha value is -1.32. The van der Waals surface area contributed by atoms with Crippen molar-refractivity contribution in [3.05, 3.63) is 11.8 Å². The van der Waals surface area contributed by atoms with Gasteiger partial charge in [0.2, 0.25) is 0 Å². The van der Waals surface area contributed by atoms with Gasteiger partial charge >= 0.3 is 0 Å². The van der Waals surface area contributed by atoms with Crippen LogP contribution < -0.4 is 10.6 Å². The molecule has 1 aliphatic rings. The molecule has 4 nitrogen and oxygen atoms in total. The van der Waals surface area contributed by atoms with Gasteiger partial charge in [-0.1, -0.05) is 13.8 Å². The van der Waals surface area contributed by atoms with Crippen LogP contribution in [0.3, 0.4) is 0 Å². The third-order valence-corrected chi connectivity index (χ3v) is 2.14. The molecule has 0 unspecified atom stereocenters. The summed E-state index contributed by atoms with van der Waals surface area (Å²) in [5.74, 6) is 0.128. The van der Waals surface area contributed by atoms with Crippen LogP contribution in [0.5, 0.6) is 0 Å². The third-order valence-electron chi connectivity index (χ3n) is 2.14. The zero-order valence-corrected chi connectivity index (χ0v) is 9.46. The summed E-state index contributed by atoms with van der Waals surface area (Å²) in [6.07, 6.45) is 1.88. The summed E-state index contributed by atoms with van der Waals surface area (Å²) < 4.78 is 0. The predicted molar refractivity (Wildman–Crippen MR) is 58.2 cm³/mol. The highest BCUT2D eigenvalue weighted by atomic mass is 16.2. The number of piperazine rings is 1. The van der Waals surface area contributed by atoms with E-state index in [4.69, 9.17) is 0 Å². The Morgan fingerprint density at radius 2 is 2.27 bits per heavy atom. The van der Waals surface area contributed by atoms with E-state index >= 15 is 0 Å². The molecule has 1 fully saturated rings. The average molecular weight is 210 g/mol. The van der Waals surface area contributed by atoms with Crippen LogP contribution in [0, 0.1) is 5.92 Å². The molecule has 0 aromatic carbocycles. The number of hydrogen-bond donors (Lipinski definition) is 2. The topological polar surface area (TPSA) is 58.2 Å². The molecular weight excluding hydrogens is 192 g/mol. The van der Waals surface area contributed by atoms with Gasteiger partial charge in [-0.25, -0.2) is 0 Å². The minimum absolute atomic E-state index is 0.00259. The van der Waals surface area contributed by atoms with E-state index in [1.807, 2.05) is 20.8 Å². The van der Waals surface area contributed by atoms with Crippen molar-refractivity contribution in [3.8, 4) is 0 Å². The van der Waals surface area contributed by atoms with Crippen LogP contribution in [0.2, 0.25) is 0 Å². The lowest BCUT2D eigenvalue weighted by Gasteiger charge is -2.23. The Bertz CT molecular complexity index is 295. The van der Waals surface area contributed by atoms with Gasteiger partial charge < -0.3 is 10.6 Å². The minimum Gasteiger partial charge on any atom is -0.378 e. The maximum atomic E-state index is 11.5. The summed E-state index contributed by atoms with van der Waals surface area (Å²) >= 11 is 0. The molecule has 1 rings (SSSR count). The second-order valence-electron chi connectivity index (χ2n) is 4.38. The SMILES string of the molecule is CC(C)CC(=O)/C=C1/NC[C@H](C)NC1=O. The van der Waals surface area contributed by atoms with Gasteiger partial charge in [-0.15, -0.1) is 0 Å². The molecule has 0 aliphatic carbocycles. The highest BCUT2D eigenvalue weighted by Gasteiger charge is 2.19. The van der Waals surface area contributed by atoms with E-state index in [-0.39, 0.29) is 17.7 Å². The number of allylic oxidation sites excluding steroid dienone is 1. The highest BCUT2D eigenvalue weighted by molar-refractivity contribution is 6.01. The molecule has 1 aliphatic heterocycles. The zero-order valence-electron chi connectivity index (χ0n) is 9.46. The van der Waals surface area contributed by atoms with Gasteiger partial charge in [0.05, 0.1) is 0 Å². The van der Waals surface area contributed by atoms with Crippen molar-refractivity contribution in [2.45, 2.75) is 33.2 Å². The molecule has 0 spiro atoms. The number of rotatable bonds is 3. The summed E-state index contributed by atoms with van der Waals surface area (Å²) in [7, 11) is 0. The lowest BCUT2D eigenvalue weighted by Crippen LogP contribution is -2.49. The van der Waals surface area contributed by atoms with Crippen molar-refractivity contribution in [1.29, 1.82) is 0 Å². The number of hydrogen-bond acceptors (Lipinski definition) is 3. The Labute approximate surface area is 90.1 Å². The Balaban J connectivity index is 2.59. The maximum Gasteiger partial charge on any atom is 0.267 e. The predicted octanol–water partition coefficient (Wildman–Crippen LogP) is 0.593. The summed E-state index contributed by atoms with van der Waals surface area (Å²) in [6.45, 7) is 6.55. The van der Waals surface area contributed by atoms with Crippen LogP contribution >= 0.6 is 0 Å². The van der Waals surface area contributed by atoms with Crippen LogP contribution in [0.15, 0.2) is 11.8 Å². The number of carbonyl (C=O) groups excluding carboxylic acids is 2. The van der Waals surface area contributed by atoms with Crippen molar-refractivity contribution in [2.75, 3.05) is 6.54 Å². The Morgan fingerprint density at radius 3 is 2.80 bits per heavy atom. The minimum atomic E-state index is -0.189. The molecule has 84 valence electrons. The Kier molecular flexibility index (Phi) is 3.88. The molecule has 0 bridgehead atoms. The van der Waals surface area contributed by atoms with Gasteiger partial charge in [-0.2, -0.15) is 0 Å². The normalized spacial score (nSPS) is 23.9. The maximum absolute atomic E-state index is 11.5. The Morgan fingerprint density at radius 1 is 1.60 bits per heavy atom. The molecule has 1 atom stereocenters. The van der Waals surface area contributed by atoms with Crippen LogP contribution in [0.25, 0.3) is 0 Å². The van der Waals surface area contributed by atoms with E-state index in [2.05, 4.69) is 10.6 Å². The monoisotopic (exact) mass is 210 g/mol. The van der Waals surface area contributed by atoms with Gasteiger partial charge in [-0.3, -0.25) is 9.59 Å².